The van der Waals surface area contributed by atoms with Crippen molar-refractivity contribution in [2.45, 2.75) is 20.4 Å². The van der Waals surface area contributed by atoms with E-state index in [0.29, 0.717) is 21.4 Å². The molecule has 1 amide bonds. The van der Waals surface area contributed by atoms with Crippen molar-refractivity contribution in [3.63, 3.8) is 0 Å². The van der Waals surface area contributed by atoms with Crippen LogP contribution in [0, 0.1) is 19.7 Å². The maximum atomic E-state index is 13.3. The second-order valence-electron chi connectivity index (χ2n) is 7.21. The molecule has 4 rings (SSSR count). The Balaban J connectivity index is 1.54. The largest absolute Gasteiger partial charge is 0.451 e. The monoisotopic (exact) mass is 481 g/mol. The highest BCUT2D eigenvalue weighted by molar-refractivity contribution is 7.14. The lowest BCUT2D eigenvalue weighted by atomic mass is 10.2. The highest BCUT2D eigenvalue weighted by Gasteiger charge is 2.23. The number of aromatic nitrogens is 2. The maximum absolute atomic E-state index is 13.3. The predicted octanol–water partition coefficient (Wildman–Crippen LogP) is 5.41. The van der Waals surface area contributed by atoms with E-state index >= 15 is 0 Å². The Hall–Kier alpha value is -3.43. The molecule has 4 aromatic rings. The van der Waals surface area contributed by atoms with Crippen LogP contribution in [-0.4, -0.2) is 28.5 Å². The summed E-state index contributed by atoms with van der Waals surface area (Å²) in [7, 11) is 0. The number of hydrogen-bond donors (Lipinski definition) is 0. The average Bonchev–Trinajstić information content (AvgIpc) is 3.43. The van der Waals surface area contributed by atoms with Crippen molar-refractivity contribution in [3.8, 4) is 11.3 Å². The number of rotatable bonds is 7. The van der Waals surface area contributed by atoms with Gasteiger partial charge in [-0.1, -0.05) is 30.3 Å². The van der Waals surface area contributed by atoms with Crippen LogP contribution in [0.4, 0.5) is 9.52 Å². The van der Waals surface area contributed by atoms with E-state index in [2.05, 4.69) is 9.97 Å². The quantitative estimate of drug-likeness (QED) is 0.330. The van der Waals surface area contributed by atoms with Gasteiger partial charge in [-0.25, -0.2) is 19.2 Å². The number of ether oxygens (including phenoxy) is 1. The standard InChI is InChI=1S/C24H20FN3O3S2/c1-15-22(33-16(2)26-15)23(30)31-13-21(29)28(12-17-6-4-3-5-7-17)24-27-20(14-32-24)18-8-10-19(25)11-9-18/h3-11,14H,12-13H2,1-2H3. The summed E-state index contributed by atoms with van der Waals surface area (Å²) in [4.78, 5) is 36.3. The first-order chi connectivity index (χ1) is 15.9. The molecule has 0 spiro atoms. The van der Waals surface area contributed by atoms with Crippen LogP contribution in [0.15, 0.2) is 60.0 Å². The maximum Gasteiger partial charge on any atom is 0.350 e. The van der Waals surface area contributed by atoms with Crippen molar-refractivity contribution in [2.75, 3.05) is 11.5 Å². The molecular formula is C24H20FN3O3S2. The van der Waals surface area contributed by atoms with Gasteiger partial charge >= 0.3 is 5.97 Å². The van der Waals surface area contributed by atoms with E-state index in [1.54, 1.807) is 19.1 Å². The summed E-state index contributed by atoms with van der Waals surface area (Å²) in [5.41, 5.74) is 2.87. The molecule has 0 fully saturated rings. The van der Waals surface area contributed by atoms with Gasteiger partial charge in [0.1, 0.15) is 10.7 Å². The van der Waals surface area contributed by atoms with Crippen molar-refractivity contribution < 1.29 is 18.7 Å². The van der Waals surface area contributed by atoms with E-state index in [1.807, 2.05) is 42.6 Å². The first kappa shape index (κ1) is 22.8. The van der Waals surface area contributed by atoms with E-state index in [0.717, 1.165) is 16.1 Å². The minimum Gasteiger partial charge on any atom is -0.451 e. The van der Waals surface area contributed by atoms with Crippen LogP contribution in [0.1, 0.15) is 25.9 Å². The molecule has 6 nitrogen and oxygen atoms in total. The number of hydrogen-bond acceptors (Lipinski definition) is 7. The molecular weight excluding hydrogens is 461 g/mol. The molecule has 2 aromatic heterocycles. The van der Waals surface area contributed by atoms with Gasteiger partial charge in [-0.2, -0.15) is 0 Å². The van der Waals surface area contributed by atoms with Gasteiger partial charge in [-0.05, 0) is 43.7 Å². The van der Waals surface area contributed by atoms with Crippen LogP contribution in [0.5, 0.6) is 0 Å². The molecule has 2 aromatic carbocycles. The Morgan fingerprint density at radius 3 is 2.42 bits per heavy atom. The van der Waals surface area contributed by atoms with Gasteiger partial charge in [-0.3, -0.25) is 9.69 Å². The molecule has 0 aliphatic carbocycles. The zero-order valence-corrected chi connectivity index (χ0v) is 19.6. The van der Waals surface area contributed by atoms with Gasteiger partial charge < -0.3 is 4.74 Å². The summed E-state index contributed by atoms with van der Waals surface area (Å²) >= 11 is 2.53. The van der Waals surface area contributed by atoms with Gasteiger partial charge in [0.15, 0.2) is 11.7 Å². The van der Waals surface area contributed by atoms with E-state index in [1.165, 1.54) is 39.7 Å². The number of amides is 1. The summed E-state index contributed by atoms with van der Waals surface area (Å²) < 4.78 is 18.6. The summed E-state index contributed by atoms with van der Waals surface area (Å²) in [6, 6.07) is 15.5. The molecule has 0 saturated carbocycles. The second kappa shape index (κ2) is 10.0. The van der Waals surface area contributed by atoms with E-state index in [-0.39, 0.29) is 12.4 Å². The Labute approximate surface area is 198 Å². The first-order valence-corrected chi connectivity index (χ1v) is 11.8. The van der Waals surface area contributed by atoms with Crippen LogP contribution < -0.4 is 4.90 Å². The van der Waals surface area contributed by atoms with Crippen molar-refractivity contribution in [1.29, 1.82) is 0 Å². The molecule has 0 aliphatic rings. The second-order valence-corrected chi connectivity index (χ2v) is 9.25. The van der Waals surface area contributed by atoms with Crippen molar-refractivity contribution in [3.05, 3.63) is 86.9 Å². The zero-order chi connectivity index (χ0) is 23.4. The minimum atomic E-state index is -0.572. The number of halogens is 1. The Morgan fingerprint density at radius 1 is 1.03 bits per heavy atom. The van der Waals surface area contributed by atoms with Gasteiger partial charge in [0, 0.05) is 10.9 Å². The molecule has 168 valence electrons. The highest BCUT2D eigenvalue weighted by atomic mass is 32.1. The summed E-state index contributed by atoms with van der Waals surface area (Å²) in [6.07, 6.45) is 0. The van der Waals surface area contributed by atoms with Crippen LogP contribution in [0.2, 0.25) is 0 Å². The zero-order valence-electron chi connectivity index (χ0n) is 17.9. The SMILES string of the molecule is Cc1nc(C)c(C(=O)OCC(=O)N(Cc2ccccc2)c2nc(-c3ccc(F)cc3)cs2)s1. The molecule has 0 aliphatic heterocycles. The summed E-state index contributed by atoms with van der Waals surface area (Å²) in [5.74, 6) is -1.30. The van der Waals surface area contributed by atoms with E-state index in [4.69, 9.17) is 4.74 Å². The van der Waals surface area contributed by atoms with Crippen LogP contribution in [-0.2, 0) is 16.1 Å². The number of anilines is 1. The van der Waals surface area contributed by atoms with E-state index in [9.17, 15) is 14.0 Å². The lowest BCUT2D eigenvalue weighted by Crippen LogP contribution is -2.34. The van der Waals surface area contributed by atoms with Crippen molar-refractivity contribution >= 4 is 39.7 Å². The molecule has 0 unspecified atom stereocenters. The molecule has 0 radical (unpaired) electrons. The fourth-order valence-corrected chi connectivity index (χ4v) is 4.83. The average molecular weight is 482 g/mol. The van der Waals surface area contributed by atoms with Crippen molar-refractivity contribution in [1.82, 2.24) is 9.97 Å². The van der Waals surface area contributed by atoms with Gasteiger partial charge in [0.25, 0.3) is 5.91 Å². The van der Waals surface area contributed by atoms with Gasteiger partial charge in [-0.15, -0.1) is 22.7 Å². The predicted molar refractivity (Wildman–Crippen MR) is 127 cm³/mol. The number of benzene rings is 2. The Morgan fingerprint density at radius 2 is 1.76 bits per heavy atom. The smallest absolute Gasteiger partial charge is 0.350 e. The van der Waals surface area contributed by atoms with Crippen LogP contribution >= 0.6 is 22.7 Å². The number of nitrogens with zero attached hydrogens (tertiary/aromatic N) is 3. The third-order valence-electron chi connectivity index (χ3n) is 4.76. The summed E-state index contributed by atoms with van der Waals surface area (Å²) in [5, 5.41) is 3.03. The van der Waals surface area contributed by atoms with Gasteiger partial charge in [0.2, 0.25) is 0 Å². The molecule has 9 heteroatoms. The Kier molecular flexibility index (Phi) is 6.90. The topological polar surface area (TPSA) is 72.4 Å². The number of thiazole rings is 2. The lowest BCUT2D eigenvalue weighted by molar-refractivity contribution is -0.121. The normalized spacial score (nSPS) is 10.8. The molecule has 2 heterocycles. The molecule has 0 saturated heterocycles. The van der Waals surface area contributed by atoms with Crippen LogP contribution in [0.3, 0.4) is 0 Å². The number of carbonyl (C=O) groups is 2. The fourth-order valence-electron chi connectivity index (χ4n) is 3.16. The third kappa shape index (κ3) is 5.50. The van der Waals surface area contributed by atoms with E-state index < -0.39 is 18.5 Å². The third-order valence-corrected chi connectivity index (χ3v) is 6.68. The van der Waals surface area contributed by atoms with Gasteiger partial charge in [0.05, 0.1) is 22.9 Å². The molecule has 0 atom stereocenters. The summed E-state index contributed by atoms with van der Waals surface area (Å²) in [6.45, 7) is 3.39. The number of carbonyl (C=O) groups excluding carboxylic acids is 2. The van der Waals surface area contributed by atoms with Crippen LogP contribution in [0.25, 0.3) is 11.3 Å². The highest BCUT2D eigenvalue weighted by Crippen LogP contribution is 2.29. The fraction of sp³-hybridized carbons (Fsp3) is 0.167. The first-order valence-electron chi connectivity index (χ1n) is 10.1. The number of esters is 1. The minimum absolute atomic E-state index is 0.270. The lowest BCUT2D eigenvalue weighted by Gasteiger charge is -2.20. The molecule has 33 heavy (non-hydrogen) atoms. The number of aryl methyl sites for hydroxylation is 2. The molecule has 0 N–H and O–H groups in total. The van der Waals surface area contributed by atoms with Crippen molar-refractivity contribution in [2.24, 2.45) is 0 Å². The Bertz CT molecular complexity index is 1270. The molecule has 0 bridgehead atoms.